The van der Waals surface area contributed by atoms with Gasteiger partial charge in [0.05, 0.1) is 0 Å². The zero-order chi connectivity index (χ0) is 16.4. The normalized spacial score (nSPS) is 11.8. The largest absolute Gasteiger partial charge is 0.471 e. The average Bonchev–Trinajstić information content (AvgIpc) is 3.13. The lowest BCUT2D eigenvalue weighted by atomic mass is 10.4. The zero-order valence-corrected chi connectivity index (χ0v) is 11.3. The highest BCUT2D eigenvalue weighted by Gasteiger charge is 2.38. The Morgan fingerprint density at radius 3 is 2.87 bits per heavy atom. The highest BCUT2D eigenvalue weighted by Crippen LogP contribution is 2.27. The van der Waals surface area contributed by atoms with E-state index >= 15 is 0 Å². The molecule has 120 valence electrons. The Morgan fingerprint density at radius 1 is 1.35 bits per heavy atom. The van der Waals surface area contributed by atoms with E-state index in [2.05, 4.69) is 35.0 Å². The molecule has 0 aromatic carbocycles. The minimum Gasteiger partial charge on any atom is -0.349 e. The lowest BCUT2D eigenvalue weighted by Crippen LogP contribution is -2.27. The highest BCUT2D eigenvalue weighted by atomic mass is 19.4. The molecule has 3 aromatic rings. The molecule has 0 radical (unpaired) electrons. The van der Waals surface area contributed by atoms with Gasteiger partial charge in [-0.2, -0.15) is 23.1 Å². The number of alkyl halides is 3. The molecule has 1 N–H and O–H groups in total. The first-order chi connectivity index (χ1) is 10.9. The minimum atomic E-state index is -4.69. The molecule has 3 rings (SSSR count). The van der Waals surface area contributed by atoms with Gasteiger partial charge in [0.25, 0.3) is 11.7 Å². The summed E-state index contributed by atoms with van der Waals surface area (Å²) < 4.78 is 42.2. The summed E-state index contributed by atoms with van der Waals surface area (Å²) in [5, 5.41) is 9.54. The Balaban J connectivity index is 1.58. The fourth-order valence-electron chi connectivity index (χ4n) is 1.67. The molecule has 3 heterocycles. The van der Waals surface area contributed by atoms with Crippen molar-refractivity contribution in [2.24, 2.45) is 0 Å². The molecule has 0 unspecified atom stereocenters. The predicted molar refractivity (Wildman–Crippen MR) is 66.1 cm³/mol. The van der Waals surface area contributed by atoms with Crippen LogP contribution < -0.4 is 5.32 Å². The molecular formula is C11H8F3N7O2. The molecule has 0 saturated carbocycles. The van der Waals surface area contributed by atoms with Crippen molar-refractivity contribution in [3.05, 3.63) is 36.0 Å². The van der Waals surface area contributed by atoms with Crippen LogP contribution in [0.3, 0.4) is 0 Å². The van der Waals surface area contributed by atoms with Gasteiger partial charge in [0.15, 0.2) is 5.82 Å². The van der Waals surface area contributed by atoms with Crippen molar-refractivity contribution in [3.8, 4) is 0 Å². The lowest BCUT2D eigenvalue weighted by Gasteiger charge is -1.99. The Hall–Kier alpha value is -3.05. The summed E-state index contributed by atoms with van der Waals surface area (Å²) in [6.07, 6.45) is -1.65. The van der Waals surface area contributed by atoms with Crippen molar-refractivity contribution in [1.82, 2.24) is 35.0 Å². The number of rotatable bonds is 4. The van der Waals surface area contributed by atoms with Gasteiger partial charge in [0.2, 0.25) is 5.82 Å². The molecule has 0 aliphatic heterocycles. The van der Waals surface area contributed by atoms with E-state index in [1.165, 1.54) is 10.7 Å². The Bertz CT molecular complexity index is 808. The van der Waals surface area contributed by atoms with E-state index in [0.717, 1.165) is 0 Å². The Kier molecular flexibility index (Phi) is 3.64. The van der Waals surface area contributed by atoms with Crippen LogP contribution in [0.15, 0.2) is 23.0 Å². The topological polar surface area (TPSA) is 111 Å². The molecule has 0 aliphatic carbocycles. The van der Waals surface area contributed by atoms with Crippen LogP contribution in [0, 0.1) is 0 Å². The van der Waals surface area contributed by atoms with E-state index in [4.69, 9.17) is 0 Å². The minimum absolute atomic E-state index is 0.00134. The third kappa shape index (κ3) is 3.25. The maximum absolute atomic E-state index is 12.3. The fraction of sp³-hybridized carbons (Fsp3) is 0.273. The van der Waals surface area contributed by atoms with Crippen LogP contribution >= 0.6 is 0 Å². The number of amides is 1. The monoisotopic (exact) mass is 327 g/mol. The molecule has 0 atom stereocenters. The number of carbonyl (C=O) groups is 1. The summed E-state index contributed by atoms with van der Waals surface area (Å²) >= 11 is 0. The van der Waals surface area contributed by atoms with E-state index in [-0.39, 0.29) is 30.4 Å². The van der Waals surface area contributed by atoms with Crippen LogP contribution in [0.5, 0.6) is 0 Å². The second kappa shape index (κ2) is 5.62. The summed E-state index contributed by atoms with van der Waals surface area (Å²) in [6.45, 7) is -0.00134. The lowest BCUT2D eigenvalue weighted by molar-refractivity contribution is -0.159. The highest BCUT2D eigenvalue weighted by molar-refractivity contribution is 5.90. The molecule has 0 fully saturated rings. The summed E-state index contributed by atoms with van der Waals surface area (Å²) in [7, 11) is 0. The molecule has 0 aliphatic rings. The van der Waals surface area contributed by atoms with Crippen LogP contribution in [0.25, 0.3) is 5.78 Å². The standard InChI is InChI=1S/C11H8F3N7O2/c12-11(13,14)9-17-6(20-23-9)2-4-15-8(22)7-18-10-16-3-1-5-21(10)19-7/h1,3,5H,2,4H2,(H,15,22). The molecular weight excluding hydrogens is 319 g/mol. The van der Waals surface area contributed by atoms with Crippen molar-refractivity contribution in [2.45, 2.75) is 12.6 Å². The number of hydrogen-bond donors (Lipinski definition) is 1. The van der Waals surface area contributed by atoms with Crippen molar-refractivity contribution in [3.63, 3.8) is 0 Å². The third-order valence-corrected chi connectivity index (χ3v) is 2.66. The molecule has 23 heavy (non-hydrogen) atoms. The van der Waals surface area contributed by atoms with Gasteiger partial charge in [0, 0.05) is 25.4 Å². The Labute approximate surface area is 125 Å². The fourth-order valence-corrected chi connectivity index (χ4v) is 1.67. The maximum atomic E-state index is 12.3. The van der Waals surface area contributed by atoms with E-state index < -0.39 is 18.0 Å². The van der Waals surface area contributed by atoms with E-state index in [9.17, 15) is 18.0 Å². The van der Waals surface area contributed by atoms with Crippen LogP contribution in [0.4, 0.5) is 13.2 Å². The summed E-state index contributed by atoms with van der Waals surface area (Å²) in [5.41, 5.74) is 0. The van der Waals surface area contributed by atoms with E-state index in [1.807, 2.05) is 0 Å². The first-order valence-corrected chi connectivity index (χ1v) is 6.29. The molecule has 0 saturated heterocycles. The Morgan fingerprint density at radius 2 is 2.17 bits per heavy atom. The van der Waals surface area contributed by atoms with Gasteiger partial charge in [-0.25, -0.2) is 9.50 Å². The number of fused-ring (bicyclic) bond motifs is 1. The summed E-state index contributed by atoms with van der Waals surface area (Å²) in [5.74, 6) is -2.03. The quantitative estimate of drug-likeness (QED) is 0.742. The zero-order valence-electron chi connectivity index (χ0n) is 11.3. The van der Waals surface area contributed by atoms with Crippen LogP contribution in [-0.4, -0.2) is 42.2 Å². The number of nitrogens with one attached hydrogen (secondary N) is 1. The molecule has 1 amide bonds. The molecule has 12 heteroatoms. The second-order valence-corrected chi connectivity index (χ2v) is 4.32. The van der Waals surface area contributed by atoms with Gasteiger partial charge < -0.3 is 9.84 Å². The molecule has 3 aromatic heterocycles. The third-order valence-electron chi connectivity index (χ3n) is 2.66. The van der Waals surface area contributed by atoms with Crippen molar-refractivity contribution < 1.29 is 22.5 Å². The number of aromatic nitrogens is 6. The predicted octanol–water partition coefficient (Wildman–Crippen LogP) is 0.499. The molecule has 0 spiro atoms. The van der Waals surface area contributed by atoms with Crippen molar-refractivity contribution in [2.75, 3.05) is 6.54 Å². The van der Waals surface area contributed by atoms with Gasteiger partial charge in [-0.15, -0.1) is 5.10 Å². The van der Waals surface area contributed by atoms with Crippen molar-refractivity contribution >= 4 is 11.7 Å². The number of halogens is 3. The number of nitrogens with zero attached hydrogens (tertiary/aromatic N) is 6. The first-order valence-electron chi connectivity index (χ1n) is 6.29. The molecule has 0 bridgehead atoms. The SMILES string of the molecule is O=C(NCCc1noc(C(F)(F)F)n1)c1nc2ncccn2n1. The molecule has 9 nitrogen and oxygen atoms in total. The van der Waals surface area contributed by atoms with Crippen LogP contribution in [0.2, 0.25) is 0 Å². The van der Waals surface area contributed by atoms with Crippen LogP contribution in [-0.2, 0) is 12.6 Å². The maximum Gasteiger partial charge on any atom is 0.471 e. The second-order valence-electron chi connectivity index (χ2n) is 4.32. The van der Waals surface area contributed by atoms with Crippen LogP contribution in [0.1, 0.15) is 22.3 Å². The van der Waals surface area contributed by atoms with E-state index in [0.29, 0.717) is 0 Å². The van der Waals surface area contributed by atoms with Gasteiger partial charge >= 0.3 is 12.1 Å². The van der Waals surface area contributed by atoms with Gasteiger partial charge in [-0.05, 0) is 6.07 Å². The van der Waals surface area contributed by atoms with Gasteiger partial charge in [-0.3, -0.25) is 4.79 Å². The average molecular weight is 327 g/mol. The number of carbonyl (C=O) groups excluding carboxylic acids is 1. The number of hydrogen-bond acceptors (Lipinski definition) is 7. The summed E-state index contributed by atoms with van der Waals surface area (Å²) in [6, 6.07) is 1.62. The smallest absolute Gasteiger partial charge is 0.349 e. The summed E-state index contributed by atoms with van der Waals surface area (Å²) in [4.78, 5) is 22.8. The first kappa shape index (κ1) is 14.9. The van der Waals surface area contributed by atoms with Gasteiger partial charge in [0.1, 0.15) is 0 Å². The van der Waals surface area contributed by atoms with E-state index in [1.54, 1.807) is 12.3 Å². The van der Waals surface area contributed by atoms with Crippen molar-refractivity contribution in [1.29, 1.82) is 0 Å². The van der Waals surface area contributed by atoms with Gasteiger partial charge in [-0.1, -0.05) is 5.16 Å².